The van der Waals surface area contributed by atoms with Gasteiger partial charge in [0.2, 0.25) is 0 Å². The van der Waals surface area contributed by atoms with E-state index in [2.05, 4.69) is 0 Å². The van der Waals surface area contributed by atoms with E-state index in [-0.39, 0.29) is 10.9 Å². The molecule has 1 nitrogen and oxygen atoms in total. The highest BCUT2D eigenvalue weighted by Crippen LogP contribution is 2.53. The van der Waals surface area contributed by atoms with Crippen LogP contribution in [-0.2, 0) is 0 Å². The zero-order valence-corrected chi connectivity index (χ0v) is 10.6. The van der Waals surface area contributed by atoms with Gasteiger partial charge in [0.05, 0.1) is 6.10 Å². The van der Waals surface area contributed by atoms with Crippen molar-refractivity contribution in [3.63, 3.8) is 0 Å². The summed E-state index contributed by atoms with van der Waals surface area (Å²) in [5.41, 5.74) is 0.327. The minimum atomic E-state index is -0.969. The molecule has 0 radical (unpaired) electrons. The van der Waals surface area contributed by atoms with E-state index < -0.39 is 17.7 Å². The van der Waals surface area contributed by atoms with Crippen LogP contribution >= 0.6 is 11.6 Å². The Bertz CT molecular complexity index is 477. The summed E-state index contributed by atoms with van der Waals surface area (Å²) in [4.78, 5) is 0. The number of aliphatic hydroxyl groups is 1. The molecule has 98 valence electrons. The van der Waals surface area contributed by atoms with Crippen LogP contribution in [0.2, 0.25) is 5.02 Å². The Kier molecular flexibility index (Phi) is 3.07. The molecule has 1 aromatic rings. The van der Waals surface area contributed by atoms with E-state index >= 15 is 0 Å². The van der Waals surface area contributed by atoms with Crippen LogP contribution in [0.25, 0.3) is 0 Å². The van der Waals surface area contributed by atoms with Crippen molar-refractivity contribution in [3.05, 3.63) is 34.4 Å². The number of hydrogen-bond donors (Lipinski definition) is 1. The Labute approximate surface area is 110 Å². The van der Waals surface area contributed by atoms with E-state index in [4.69, 9.17) is 11.6 Å². The quantitative estimate of drug-likeness (QED) is 0.804. The van der Waals surface area contributed by atoms with Crippen LogP contribution in [-0.4, -0.2) is 5.11 Å². The van der Waals surface area contributed by atoms with Crippen molar-refractivity contribution >= 4 is 11.6 Å². The summed E-state index contributed by atoms with van der Waals surface area (Å²) < 4.78 is 26.3. The van der Waals surface area contributed by atoms with Gasteiger partial charge in [0.15, 0.2) is 11.6 Å². The maximum Gasteiger partial charge on any atom is 0.160 e. The third kappa shape index (κ3) is 1.94. The van der Waals surface area contributed by atoms with E-state index in [0.717, 1.165) is 31.4 Å². The first kappa shape index (κ1) is 12.4. The van der Waals surface area contributed by atoms with Crippen molar-refractivity contribution in [2.24, 2.45) is 17.8 Å². The van der Waals surface area contributed by atoms with Crippen molar-refractivity contribution in [2.45, 2.75) is 31.8 Å². The van der Waals surface area contributed by atoms with Gasteiger partial charge in [-0.15, -0.1) is 0 Å². The van der Waals surface area contributed by atoms with Gasteiger partial charge < -0.3 is 5.11 Å². The van der Waals surface area contributed by atoms with E-state index in [1.54, 1.807) is 0 Å². The van der Waals surface area contributed by atoms with Crippen molar-refractivity contribution in [1.29, 1.82) is 0 Å². The highest BCUT2D eigenvalue weighted by Gasteiger charge is 2.43. The van der Waals surface area contributed by atoms with Crippen LogP contribution in [0.15, 0.2) is 12.1 Å². The molecule has 0 aliphatic heterocycles. The van der Waals surface area contributed by atoms with Gasteiger partial charge in [0.25, 0.3) is 0 Å². The highest BCUT2D eigenvalue weighted by atomic mass is 35.5. The Morgan fingerprint density at radius 3 is 2.50 bits per heavy atom. The van der Waals surface area contributed by atoms with Crippen molar-refractivity contribution in [2.75, 3.05) is 0 Å². The van der Waals surface area contributed by atoms with Crippen LogP contribution in [0.5, 0.6) is 0 Å². The average molecular weight is 273 g/mol. The summed E-state index contributed by atoms with van der Waals surface area (Å²) in [7, 11) is 0. The zero-order chi connectivity index (χ0) is 12.9. The molecular formula is C14H15ClF2O. The van der Waals surface area contributed by atoms with Crippen molar-refractivity contribution in [3.8, 4) is 0 Å². The molecule has 2 saturated carbocycles. The van der Waals surface area contributed by atoms with E-state index in [9.17, 15) is 13.9 Å². The standard InChI is InChI=1S/C14H15ClF2O/c15-11-6-13(17)12(16)5-10(11)14(18)9-4-7-1-2-8(9)3-7/h5-9,14,18H,1-4H2. The van der Waals surface area contributed by atoms with Crippen molar-refractivity contribution < 1.29 is 13.9 Å². The summed E-state index contributed by atoms with van der Waals surface area (Å²) in [5, 5.41) is 10.5. The number of hydrogen-bond acceptors (Lipinski definition) is 1. The lowest BCUT2D eigenvalue weighted by atomic mass is 9.82. The lowest BCUT2D eigenvalue weighted by Crippen LogP contribution is -2.19. The molecular weight excluding hydrogens is 258 g/mol. The van der Waals surface area contributed by atoms with Crippen LogP contribution in [0, 0.1) is 29.4 Å². The van der Waals surface area contributed by atoms with Gasteiger partial charge in [0.1, 0.15) is 0 Å². The Balaban J connectivity index is 1.88. The van der Waals surface area contributed by atoms with Crippen LogP contribution < -0.4 is 0 Å². The van der Waals surface area contributed by atoms with Gasteiger partial charge in [-0.1, -0.05) is 18.0 Å². The third-order valence-electron chi connectivity index (χ3n) is 4.56. The fourth-order valence-electron chi connectivity index (χ4n) is 3.68. The van der Waals surface area contributed by atoms with Gasteiger partial charge in [-0.3, -0.25) is 0 Å². The van der Waals surface area contributed by atoms with Gasteiger partial charge in [-0.2, -0.15) is 0 Å². The normalized spacial score (nSPS) is 31.9. The number of rotatable bonds is 2. The maximum absolute atomic E-state index is 13.2. The SMILES string of the molecule is OC(c1cc(F)c(F)cc1Cl)C1CC2CCC1C2. The zero-order valence-electron chi connectivity index (χ0n) is 9.87. The molecule has 2 fully saturated rings. The fourth-order valence-corrected chi connectivity index (χ4v) is 3.94. The molecule has 0 aromatic heterocycles. The predicted octanol–water partition coefficient (Wildman–Crippen LogP) is 4.09. The largest absolute Gasteiger partial charge is 0.388 e. The molecule has 4 atom stereocenters. The molecule has 4 heteroatoms. The first-order valence-corrected chi connectivity index (χ1v) is 6.76. The van der Waals surface area contributed by atoms with Crippen LogP contribution in [0.4, 0.5) is 8.78 Å². The second-order valence-electron chi connectivity index (χ2n) is 5.57. The Morgan fingerprint density at radius 2 is 1.89 bits per heavy atom. The highest BCUT2D eigenvalue weighted by molar-refractivity contribution is 6.31. The second-order valence-corrected chi connectivity index (χ2v) is 5.98. The lowest BCUT2D eigenvalue weighted by molar-refractivity contribution is 0.0742. The summed E-state index contributed by atoms with van der Waals surface area (Å²) >= 11 is 5.91. The second kappa shape index (κ2) is 4.46. The first-order valence-electron chi connectivity index (χ1n) is 6.38. The Hall–Kier alpha value is -0.670. The van der Waals surface area contributed by atoms with Gasteiger partial charge in [0, 0.05) is 10.6 Å². The minimum Gasteiger partial charge on any atom is -0.388 e. The van der Waals surface area contributed by atoms with Crippen molar-refractivity contribution in [1.82, 2.24) is 0 Å². The monoisotopic (exact) mass is 272 g/mol. The van der Waals surface area contributed by atoms with Gasteiger partial charge in [-0.25, -0.2) is 8.78 Å². The topological polar surface area (TPSA) is 20.2 Å². The molecule has 2 aliphatic rings. The summed E-state index contributed by atoms with van der Waals surface area (Å²) in [6.07, 6.45) is 3.72. The molecule has 18 heavy (non-hydrogen) atoms. The molecule has 1 aromatic carbocycles. The smallest absolute Gasteiger partial charge is 0.160 e. The van der Waals surface area contributed by atoms with E-state index in [0.29, 0.717) is 17.4 Å². The maximum atomic E-state index is 13.2. The Morgan fingerprint density at radius 1 is 1.17 bits per heavy atom. The number of halogens is 3. The molecule has 0 spiro atoms. The molecule has 2 aliphatic carbocycles. The predicted molar refractivity (Wildman–Crippen MR) is 65.3 cm³/mol. The van der Waals surface area contributed by atoms with E-state index in [1.165, 1.54) is 6.42 Å². The summed E-state index contributed by atoms with van der Waals surface area (Å²) in [6, 6.07) is 1.98. The van der Waals surface area contributed by atoms with Gasteiger partial charge >= 0.3 is 0 Å². The molecule has 0 heterocycles. The molecule has 4 unspecified atom stereocenters. The van der Waals surface area contributed by atoms with Gasteiger partial charge in [-0.05, 0) is 49.1 Å². The lowest BCUT2D eigenvalue weighted by Gasteiger charge is -2.27. The molecule has 0 amide bonds. The molecule has 3 rings (SSSR count). The average Bonchev–Trinajstić information content (AvgIpc) is 2.95. The number of fused-ring (bicyclic) bond motifs is 2. The molecule has 2 bridgehead atoms. The summed E-state index contributed by atoms with van der Waals surface area (Å²) in [6.45, 7) is 0. The molecule has 0 saturated heterocycles. The van der Waals surface area contributed by atoms with Crippen LogP contribution in [0.1, 0.15) is 37.4 Å². The van der Waals surface area contributed by atoms with Crippen LogP contribution in [0.3, 0.4) is 0 Å². The molecule has 1 N–H and O–H groups in total. The third-order valence-corrected chi connectivity index (χ3v) is 4.88. The fraction of sp³-hybridized carbons (Fsp3) is 0.571. The first-order chi connectivity index (χ1) is 8.56. The minimum absolute atomic E-state index is 0.115. The summed E-state index contributed by atoms with van der Waals surface area (Å²) in [5.74, 6) is -0.570. The van der Waals surface area contributed by atoms with E-state index in [1.807, 2.05) is 0 Å². The number of aliphatic hydroxyl groups excluding tert-OH is 1. The number of benzene rings is 1.